The van der Waals surface area contributed by atoms with E-state index in [1.165, 1.54) is 11.3 Å². The van der Waals surface area contributed by atoms with Crippen LogP contribution >= 0.6 is 0 Å². The molecule has 0 aromatic heterocycles. The Hall–Kier alpha value is -2.96. The molecule has 2 amide bonds. The van der Waals surface area contributed by atoms with Crippen LogP contribution in [0.5, 0.6) is 0 Å². The highest BCUT2D eigenvalue weighted by atomic mass is 16.3. The minimum Gasteiger partial charge on any atom is -0.391 e. The van der Waals surface area contributed by atoms with Crippen LogP contribution in [0.1, 0.15) is 32.1 Å². The van der Waals surface area contributed by atoms with Crippen LogP contribution in [-0.4, -0.2) is 52.1 Å². The molecular weight excluding hydrogens is 414 g/mol. The lowest BCUT2D eigenvalue weighted by Crippen LogP contribution is -2.62. The second-order valence-electron chi connectivity index (χ2n) is 9.33. The van der Waals surface area contributed by atoms with Crippen LogP contribution in [0.15, 0.2) is 72.8 Å². The van der Waals surface area contributed by atoms with Gasteiger partial charge in [-0.2, -0.15) is 5.01 Å². The van der Waals surface area contributed by atoms with Gasteiger partial charge in [-0.05, 0) is 43.0 Å². The topological polar surface area (TPSA) is 64.1 Å². The number of amides is 2. The summed E-state index contributed by atoms with van der Waals surface area (Å²) in [6.07, 6.45) is 8.56. The Bertz CT molecular complexity index is 980. The summed E-state index contributed by atoms with van der Waals surface area (Å²) in [5.41, 5.74) is 1.77. The highest BCUT2D eigenvalue weighted by Crippen LogP contribution is 2.40. The molecule has 0 radical (unpaired) electrons. The number of hydrazine groups is 1. The third-order valence-corrected chi connectivity index (χ3v) is 7.36. The molecule has 6 heteroatoms. The van der Waals surface area contributed by atoms with Crippen LogP contribution in [0.4, 0.5) is 11.4 Å². The number of rotatable bonds is 5. The van der Waals surface area contributed by atoms with Crippen LogP contribution < -0.4 is 5.01 Å². The molecule has 2 fully saturated rings. The largest absolute Gasteiger partial charge is 0.391 e. The number of carbonyl (C=O) groups excluding carboxylic acids is 2. The number of imide groups is 1. The summed E-state index contributed by atoms with van der Waals surface area (Å²) < 4.78 is 0. The van der Waals surface area contributed by atoms with E-state index in [0.717, 1.165) is 37.1 Å². The van der Waals surface area contributed by atoms with Gasteiger partial charge in [-0.25, -0.2) is 0 Å². The van der Waals surface area contributed by atoms with E-state index in [4.69, 9.17) is 0 Å². The zero-order valence-corrected chi connectivity index (χ0v) is 19.0. The number of hydrogen-bond donors (Lipinski definition) is 1. The quantitative estimate of drug-likeness (QED) is 0.559. The van der Waals surface area contributed by atoms with Crippen molar-refractivity contribution in [2.75, 3.05) is 12.1 Å². The summed E-state index contributed by atoms with van der Waals surface area (Å²) in [7, 11) is 1.55. The van der Waals surface area contributed by atoms with Crippen molar-refractivity contribution in [3.05, 3.63) is 72.8 Å². The number of benzene rings is 2. The van der Waals surface area contributed by atoms with Crippen LogP contribution in [0.25, 0.3) is 0 Å². The van der Waals surface area contributed by atoms with Gasteiger partial charge in [0.2, 0.25) is 11.8 Å². The Balaban J connectivity index is 1.64. The van der Waals surface area contributed by atoms with Gasteiger partial charge >= 0.3 is 0 Å². The molecule has 0 bridgehead atoms. The highest BCUT2D eigenvalue weighted by Gasteiger charge is 2.54. The predicted molar refractivity (Wildman–Crippen MR) is 127 cm³/mol. The number of carbonyl (C=O) groups is 2. The van der Waals surface area contributed by atoms with Gasteiger partial charge in [0, 0.05) is 7.05 Å². The molecule has 1 saturated carbocycles. The molecule has 0 spiro atoms. The lowest BCUT2D eigenvalue weighted by atomic mass is 9.80. The van der Waals surface area contributed by atoms with E-state index in [1.54, 1.807) is 7.05 Å². The Kier molecular flexibility index (Phi) is 6.04. The Labute approximate surface area is 195 Å². The van der Waals surface area contributed by atoms with Crippen molar-refractivity contribution in [1.29, 1.82) is 0 Å². The van der Waals surface area contributed by atoms with E-state index < -0.39 is 24.1 Å². The fraction of sp³-hybridized carbons (Fsp3) is 0.407. The van der Waals surface area contributed by atoms with Crippen molar-refractivity contribution in [3.8, 4) is 0 Å². The number of likely N-dealkylation sites (N-methyl/N-ethyl adjacent to an activating group) is 1. The van der Waals surface area contributed by atoms with Gasteiger partial charge in [-0.3, -0.25) is 19.5 Å². The van der Waals surface area contributed by atoms with Crippen LogP contribution in [0.3, 0.4) is 0 Å². The van der Waals surface area contributed by atoms with Crippen LogP contribution in [0, 0.1) is 11.8 Å². The van der Waals surface area contributed by atoms with Crippen LogP contribution in [0.2, 0.25) is 0 Å². The maximum Gasteiger partial charge on any atom is 0.249 e. The minimum absolute atomic E-state index is 0.172. The molecule has 172 valence electrons. The standard InChI is InChI=1S/C27H31N3O3/c1-28-26(32)22-17-18-23(25(31)19-11-5-2-6-12-19)30(24(22)27(28)33)29(20-13-7-3-8-14-20)21-15-9-4-10-16-21/h3-4,7-10,13-19,22-25,31H,2,5-6,11-12H2,1H3. The smallest absolute Gasteiger partial charge is 0.249 e. The van der Waals surface area contributed by atoms with Gasteiger partial charge in [0.25, 0.3) is 0 Å². The fourth-order valence-corrected chi connectivity index (χ4v) is 5.63. The normalized spacial score (nSPS) is 27.0. The maximum absolute atomic E-state index is 13.4. The monoisotopic (exact) mass is 445 g/mol. The molecule has 2 aromatic carbocycles. The number of anilines is 2. The molecule has 33 heavy (non-hydrogen) atoms. The first-order chi connectivity index (χ1) is 16.1. The van der Waals surface area contributed by atoms with Gasteiger partial charge in [0.1, 0.15) is 6.04 Å². The Morgan fingerprint density at radius 1 is 0.848 bits per heavy atom. The number of nitrogens with zero attached hydrogens (tertiary/aromatic N) is 3. The molecular formula is C27H31N3O3. The van der Waals surface area contributed by atoms with Crippen molar-refractivity contribution in [3.63, 3.8) is 0 Å². The van der Waals surface area contributed by atoms with E-state index in [0.29, 0.717) is 0 Å². The second-order valence-corrected chi connectivity index (χ2v) is 9.33. The number of aliphatic hydroxyl groups is 1. The summed E-state index contributed by atoms with van der Waals surface area (Å²) >= 11 is 0. The first-order valence-electron chi connectivity index (χ1n) is 11.9. The van der Waals surface area contributed by atoms with Crippen molar-refractivity contribution in [1.82, 2.24) is 9.91 Å². The number of likely N-dealkylation sites (tertiary alicyclic amines) is 1. The number of fused-ring (bicyclic) bond motifs is 1. The van der Waals surface area contributed by atoms with E-state index in [9.17, 15) is 14.7 Å². The molecule has 5 rings (SSSR count). The van der Waals surface area contributed by atoms with Crippen molar-refractivity contribution in [2.45, 2.75) is 50.3 Å². The van der Waals surface area contributed by atoms with Gasteiger partial charge in [-0.15, -0.1) is 0 Å². The van der Waals surface area contributed by atoms with E-state index >= 15 is 0 Å². The van der Waals surface area contributed by atoms with E-state index in [2.05, 4.69) is 0 Å². The highest BCUT2D eigenvalue weighted by molar-refractivity contribution is 6.08. The lowest BCUT2D eigenvalue weighted by molar-refractivity contribution is -0.138. The molecule has 2 aliphatic heterocycles. The van der Waals surface area contributed by atoms with E-state index in [-0.39, 0.29) is 17.7 Å². The van der Waals surface area contributed by atoms with Gasteiger partial charge in [0.15, 0.2) is 0 Å². The van der Waals surface area contributed by atoms with Crippen LogP contribution in [-0.2, 0) is 9.59 Å². The van der Waals surface area contributed by atoms with Crippen molar-refractivity contribution < 1.29 is 14.7 Å². The summed E-state index contributed by atoms with van der Waals surface area (Å²) in [5.74, 6) is -0.817. The van der Waals surface area contributed by atoms with Crippen molar-refractivity contribution >= 4 is 23.2 Å². The molecule has 1 N–H and O–H groups in total. The lowest BCUT2D eigenvalue weighted by Gasteiger charge is -2.48. The minimum atomic E-state index is -0.698. The fourth-order valence-electron chi connectivity index (χ4n) is 5.63. The summed E-state index contributed by atoms with van der Waals surface area (Å²) in [6, 6.07) is 18.6. The average Bonchev–Trinajstić information content (AvgIpc) is 3.10. The number of para-hydroxylation sites is 2. The summed E-state index contributed by atoms with van der Waals surface area (Å²) in [5, 5.41) is 15.6. The zero-order chi connectivity index (χ0) is 22.9. The average molecular weight is 446 g/mol. The number of aliphatic hydroxyl groups excluding tert-OH is 1. The zero-order valence-electron chi connectivity index (χ0n) is 19.0. The molecule has 1 aliphatic carbocycles. The maximum atomic E-state index is 13.4. The first kappa shape index (κ1) is 21.9. The third-order valence-electron chi connectivity index (χ3n) is 7.36. The molecule has 4 atom stereocenters. The SMILES string of the molecule is CN1C(=O)C2C=CC(C(O)C3CCCCC3)N(N(c3ccccc3)c3ccccc3)C2C1=O. The summed E-state index contributed by atoms with van der Waals surface area (Å²) in [4.78, 5) is 27.5. The van der Waals surface area contributed by atoms with Gasteiger partial charge in [-0.1, -0.05) is 67.8 Å². The molecule has 2 heterocycles. The van der Waals surface area contributed by atoms with Gasteiger partial charge in [0.05, 0.1) is 29.4 Å². The number of hydrogen-bond acceptors (Lipinski definition) is 5. The second kappa shape index (κ2) is 9.12. The Morgan fingerprint density at radius 2 is 1.42 bits per heavy atom. The molecule has 2 aromatic rings. The predicted octanol–water partition coefficient (Wildman–Crippen LogP) is 3.90. The molecule has 6 nitrogen and oxygen atoms in total. The van der Waals surface area contributed by atoms with Gasteiger partial charge < -0.3 is 5.11 Å². The van der Waals surface area contributed by atoms with E-state index in [1.807, 2.05) is 82.8 Å². The molecule has 1 saturated heterocycles. The Morgan fingerprint density at radius 3 is 2.00 bits per heavy atom. The third kappa shape index (κ3) is 3.87. The summed E-state index contributed by atoms with van der Waals surface area (Å²) in [6.45, 7) is 0. The molecule has 3 aliphatic rings. The molecule has 4 unspecified atom stereocenters. The first-order valence-corrected chi connectivity index (χ1v) is 11.9. The van der Waals surface area contributed by atoms with Crippen molar-refractivity contribution in [2.24, 2.45) is 11.8 Å².